The Morgan fingerprint density at radius 3 is 2.56 bits per heavy atom. The van der Waals surface area contributed by atoms with Gasteiger partial charge >= 0.3 is 0 Å². The zero-order valence-electron chi connectivity index (χ0n) is 15.5. The molecule has 4 heteroatoms. The van der Waals surface area contributed by atoms with Crippen LogP contribution >= 0.6 is 0 Å². The third-order valence-electron chi connectivity index (χ3n) is 5.65. The maximum atomic E-state index is 12.8. The van der Waals surface area contributed by atoms with E-state index in [4.69, 9.17) is 4.74 Å². The van der Waals surface area contributed by atoms with E-state index in [1.54, 1.807) is 0 Å². The maximum absolute atomic E-state index is 12.8. The molecule has 25 heavy (non-hydrogen) atoms. The molecule has 1 amide bonds. The van der Waals surface area contributed by atoms with Gasteiger partial charge in [-0.05, 0) is 56.8 Å². The van der Waals surface area contributed by atoms with Crippen molar-refractivity contribution in [1.82, 2.24) is 9.80 Å². The van der Waals surface area contributed by atoms with Gasteiger partial charge in [0.2, 0.25) is 0 Å². The first-order chi connectivity index (χ1) is 12.2. The van der Waals surface area contributed by atoms with Gasteiger partial charge in [0.1, 0.15) is 5.75 Å². The van der Waals surface area contributed by atoms with Crippen LogP contribution in [0.25, 0.3) is 0 Å². The predicted molar refractivity (Wildman–Crippen MR) is 101 cm³/mol. The van der Waals surface area contributed by atoms with Crippen LogP contribution in [0, 0.1) is 5.92 Å². The summed E-state index contributed by atoms with van der Waals surface area (Å²) < 4.78 is 5.71. The number of benzene rings is 1. The number of likely N-dealkylation sites (tertiary alicyclic amines) is 2. The Hall–Kier alpha value is -1.55. The van der Waals surface area contributed by atoms with Crippen LogP contribution in [0.5, 0.6) is 5.75 Å². The number of carbonyl (C=O) groups excluding carboxylic acids is 1. The fourth-order valence-corrected chi connectivity index (χ4v) is 3.98. The molecular formula is C21H32N2O2. The monoisotopic (exact) mass is 344 g/mol. The van der Waals surface area contributed by atoms with Crippen LogP contribution in [-0.2, 0) is 4.79 Å². The summed E-state index contributed by atoms with van der Waals surface area (Å²) in [5.41, 5.74) is 0. The molecule has 1 aromatic rings. The molecule has 2 heterocycles. The van der Waals surface area contributed by atoms with Gasteiger partial charge in [0.05, 0.1) is 0 Å². The first kappa shape index (κ1) is 18.2. The smallest absolute Gasteiger partial charge is 0.260 e. The Labute approximate surface area is 152 Å². The predicted octanol–water partition coefficient (Wildman–Crippen LogP) is 3.57. The van der Waals surface area contributed by atoms with Crippen LogP contribution in [0.4, 0.5) is 0 Å². The Morgan fingerprint density at radius 1 is 1.04 bits per heavy atom. The van der Waals surface area contributed by atoms with Gasteiger partial charge in [-0.1, -0.05) is 38.0 Å². The molecule has 2 aliphatic rings. The van der Waals surface area contributed by atoms with E-state index in [9.17, 15) is 4.79 Å². The fraction of sp³-hybridized carbons (Fsp3) is 0.667. The lowest BCUT2D eigenvalue weighted by Gasteiger charge is -2.37. The lowest BCUT2D eigenvalue weighted by molar-refractivity contribution is -0.136. The van der Waals surface area contributed by atoms with Crippen molar-refractivity contribution in [1.29, 1.82) is 0 Å². The van der Waals surface area contributed by atoms with Crippen LogP contribution < -0.4 is 4.74 Å². The van der Waals surface area contributed by atoms with E-state index >= 15 is 0 Å². The number of hydrogen-bond donors (Lipinski definition) is 0. The summed E-state index contributed by atoms with van der Waals surface area (Å²) >= 11 is 0. The average molecular weight is 344 g/mol. The standard InChI is InChI=1S/C21H32N2O2/c1-18-11-14-22(15-12-18)16-19-8-4-3-7-13-23(19)21(24)17-25-20-9-5-2-6-10-20/h2,5-6,9-10,18-19H,3-4,7-8,11-17H2,1H3. The van der Waals surface area contributed by atoms with Crippen molar-refractivity contribution in [3.05, 3.63) is 30.3 Å². The number of carbonyl (C=O) groups is 1. The zero-order valence-corrected chi connectivity index (χ0v) is 15.5. The van der Waals surface area contributed by atoms with Gasteiger partial charge in [0, 0.05) is 19.1 Å². The van der Waals surface area contributed by atoms with Gasteiger partial charge in [-0.2, -0.15) is 0 Å². The fourth-order valence-electron chi connectivity index (χ4n) is 3.98. The molecule has 4 nitrogen and oxygen atoms in total. The molecule has 1 atom stereocenters. The number of amides is 1. The summed E-state index contributed by atoms with van der Waals surface area (Å²) in [5.74, 6) is 1.76. The van der Waals surface area contributed by atoms with Crippen molar-refractivity contribution in [2.45, 2.75) is 51.5 Å². The Balaban J connectivity index is 1.56. The lowest BCUT2D eigenvalue weighted by Crippen LogP contribution is -2.49. The van der Waals surface area contributed by atoms with Gasteiger partial charge in [-0.25, -0.2) is 0 Å². The molecule has 1 aromatic carbocycles. The molecule has 2 saturated heterocycles. The molecule has 0 saturated carbocycles. The van der Waals surface area contributed by atoms with Gasteiger partial charge in [-0.3, -0.25) is 4.79 Å². The van der Waals surface area contributed by atoms with E-state index in [0.717, 1.165) is 37.6 Å². The van der Waals surface area contributed by atoms with Crippen molar-refractivity contribution >= 4 is 5.91 Å². The number of nitrogens with zero attached hydrogens (tertiary/aromatic N) is 2. The number of hydrogen-bond acceptors (Lipinski definition) is 3. The molecule has 0 spiro atoms. The van der Waals surface area contributed by atoms with E-state index in [1.807, 2.05) is 30.3 Å². The Morgan fingerprint density at radius 2 is 1.80 bits per heavy atom. The highest BCUT2D eigenvalue weighted by Gasteiger charge is 2.28. The van der Waals surface area contributed by atoms with E-state index in [0.29, 0.717) is 6.04 Å². The molecule has 138 valence electrons. The van der Waals surface area contributed by atoms with Crippen LogP contribution in [0.15, 0.2) is 30.3 Å². The molecule has 0 radical (unpaired) electrons. The summed E-state index contributed by atoms with van der Waals surface area (Å²) in [5, 5.41) is 0. The van der Waals surface area contributed by atoms with Crippen LogP contribution in [0.2, 0.25) is 0 Å². The maximum Gasteiger partial charge on any atom is 0.260 e. The summed E-state index contributed by atoms with van der Waals surface area (Å²) in [7, 11) is 0. The quantitative estimate of drug-likeness (QED) is 0.819. The third-order valence-corrected chi connectivity index (χ3v) is 5.65. The SMILES string of the molecule is CC1CCN(CC2CCCCCN2C(=O)COc2ccccc2)CC1. The van der Waals surface area contributed by atoms with Gasteiger partial charge < -0.3 is 14.5 Å². The second-order valence-corrected chi connectivity index (χ2v) is 7.68. The lowest BCUT2D eigenvalue weighted by atomic mass is 9.98. The molecule has 2 fully saturated rings. The van der Waals surface area contributed by atoms with Gasteiger partial charge in [-0.15, -0.1) is 0 Å². The Bertz CT molecular complexity index is 526. The number of piperidine rings is 1. The molecule has 2 aliphatic heterocycles. The highest BCUT2D eigenvalue weighted by Crippen LogP contribution is 2.22. The molecular weight excluding hydrogens is 312 g/mol. The number of rotatable bonds is 5. The van der Waals surface area contributed by atoms with E-state index < -0.39 is 0 Å². The van der Waals surface area contributed by atoms with E-state index in [2.05, 4.69) is 16.7 Å². The summed E-state index contributed by atoms with van der Waals surface area (Å²) in [6, 6.07) is 9.99. The summed E-state index contributed by atoms with van der Waals surface area (Å²) in [4.78, 5) is 17.5. The van der Waals surface area contributed by atoms with E-state index in [1.165, 1.54) is 38.8 Å². The minimum Gasteiger partial charge on any atom is -0.484 e. The largest absolute Gasteiger partial charge is 0.484 e. The molecule has 0 aromatic heterocycles. The Kier molecular flexibility index (Phi) is 6.74. The highest BCUT2D eigenvalue weighted by molar-refractivity contribution is 5.78. The van der Waals surface area contributed by atoms with Crippen molar-refractivity contribution in [3.8, 4) is 5.75 Å². The molecule has 1 unspecified atom stereocenters. The minimum atomic E-state index is 0.140. The van der Waals surface area contributed by atoms with Crippen LogP contribution in [0.3, 0.4) is 0 Å². The molecule has 0 bridgehead atoms. The van der Waals surface area contributed by atoms with Crippen LogP contribution in [0.1, 0.15) is 45.4 Å². The minimum absolute atomic E-state index is 0.140. The molecule has 0 aliphatic carbocycles. The number of para-hydroxylation sites is 1. The molecule has 0 N–H and O–H groups in total. The highest BCUT2D eigenvalue weighted by atomic mass is 16.5. The van der Waals surface area contributed by atoms with Gasteiger partial charge in [0.15, 0.2) is 6.61 Å². The second kappa shape index (κ2) is 9.23. The van der Waals surface area contributed by atoms with Crippen molar-refractivity contribution in [3.63, 3.8) is 0 Å². The van der Waals surface area contributed by atoms with Crippen molar-refractivity contribution < 1.29 is 9.53 Å². The normalized spacial score (nSPS) is 23.2. The molecule has 3 rings (SSSR count). The van der Waals surface area contributed by atoms with Crippen molar-refractivity contribution in [2.24, 2.45) is 5.92 Å². The van der Waals surface area contributed by atoms with E-state index in [-0.39, 0.29) is 12.5 Å². The average Bonchev–Trinajstić information content (AvgIpc) is 2.88. The van der Waals surface area contributed by atoms with Crippen molar-refractivity contribution in [2.75, 3.05) is 32.8 Å². The third kappa shape index (κ3) is 5.46. The summed E-state index contributed by atoms with van der Waals surface area (Å²) in [6.45, 7) is 6.77. The van der Waals surface area contributed by atoms with Crippen LogP contribution in [-0.4, -0.2) is 54.5 Å². The first-order valence-corrected chi connectivity index (χ1v) is 9.92. The second-order valence-electron chi connectivity index (χ2n) is 7.68. The topological polar surface area (TPSA) is 32.8 Å². The first-order valence-electron chi connectivity index (χ1n) is 9.92. The van der Waals surface area contributed by atoms with Gasteiger partial charge in [0.25, 0.3) is 5.91 Å². The zero-order chi connectivity index (χ0) is 17.5. The number of ether oxygens (including phenoxy) is 1. The summed E-state index contributed by atoms with van der Waals surface area (Å²) in [6.07, 6.45) is 7.29.